The van der Waals surface area contributed by atoms with Gasteiger partial charge in [-0.2, -0.15) is 0 Å². The second-order valence-electron chi connectivity index (χ2n) is 8.52. The fraction of sp³-hybridized carbons (Fsp3) is 0.360. The summed E-state index contributed by atoms with van der Waals surface area (Å²) in [6.45, 7) is 5.68. The van der Waals surface area contributed by atoms with E-state index >= 15 is 0 Å². The number of hydrogen-bond donors (Lipinski definition) is 1. The van der Waals surface area contributed by atoms with Gasteiger partial charge in [0.15, 0.2) is 0 Å². The van der Waals surface area contributed by atoms with Crippen LogP contribution in [0.15, 0.2) is 54.6 Å². The summed E-state index contributed by atoms with van der Waals surface area (Å²) < 4.78 is 5.47. The number of aromatic nitrogens is 1. The van der Waals surface area contributed by atoms with Gasteiger partial charge in [0.1, 0.15) is 11.4 Å². The van der Waals surface area contributed by atoms with Crippen LogP contribution in [0.3, 0.4) is 0 Å². The number of fused-ring (bicyclic) bond motifs is 1. The highest BCUT2D eigenvalue weighted by Gasteiger charge is 2.40. The molecule has 1 amide bonds. The molecular weight excluding hydrogens is 390 g/mol. The summed E-state index contributed by atoms with van der Waals surface area (Å²) in [6, 6.07) is 17.6. The molecule has 1 atom stereocenters. The summed E-state index contributed by atoms with van der Waals surface area (Å²) in [5.74, 6) is 0.745. The van der Waals surface area contributed by atoms with E-state index in [1.165, 1.54) is 0 Å². The number of β-amino-alcohol motifs (C(OH)–C–C–N with tert-alkyl or cyclic N) is 1. The van der Waals surface area contributed by atoms with Gasteiger partial charge in [0.05, 0.1) is 30.8 Å². The number of carbonyl (C=O) groups is 1. The predicted molar refractivity (Wildman–Crippen MR) is 120 cm³/mol. The summed E-state index contributed by atoms with van der Waals surface area (Å²) in [7, 11) is 0. The maximum absolute atomic E-state index is 13.6. The van der Waals surface area contributed by atoms with Crippen LogP contribution in [0, 0.1) is 6.92 Å². The molecule has 3 aromatic rings. The van der Waals surface area contributed by atoms with E-state index in [0.717, 1.165) is 40.9 Å². The Morgan fingerprint density at radius 1 is 1.06 bits per heavy atom. The Kier molecular flexibility index (Phi) is 5.12. The second-order valence-corrected chi connectivity index (χ2v) is 8.52. The van der Waals surface area contributed by atoms with Gasteiger partial charge in [-0.25, -0.2) is 4.98 Å². The number of hydrogen-bond acceptors (Lipinski definition) is 5. The minimum atomic E-state index is -1.01. The molecule has 0 bridgehead atoms. The topological polar surface area (TPSA) is 65.9 Å². The quantitative estimate of drug-likeness (QED) is 0.709. The number of aliphatic hydroxyl groups is 1. The molecule has 160 valence electrons. The zero-order valence-electron chi connectivity index (χ0n) is 17.8. The monoisotopic (exact) mass is 417 g/mol. The van der Waals surface area contributed by atoms with Crippen LogP contribution in [0.5, 0.6) is 0 Å². The van der Waals surface area contributed by atoms with Gasteiger partial charge in [0, 0.05) is 25.0 Å². The van der Waals surface area contributed by atoms with E-state index in [-0.39, 0.29) is 5.91 Å². The molecule has 5 rings (SSSR count). The number of aryl methyl sites for hydroxylation is 1. The SMILES string of the molecule is Cc1ccc([C@]2(O)CCN(C(=O)c3cc(N4CCOCC4)nc4ccccc34)C2)cc1. The highest BCUT2D eigenvalue weighted by Crippen LogP contribution is 2.34. The van der Waals surface area contributed by atoms with Gasteiger partial charge in [-0.1, -0.05) is 48.0 Å². The number of anilines is 1. The Morgan fingerprint density at radius 2 is 1.81 bits per heavy atom. The van der Waals surface area contributed by atoms with E-state index < -0.39 is 5.60 Å². The number of benzene rings is 2. The number of para-hydroxylation sites is 1. The number of rotatable bonds is 3. The van der Waals surface area contributed by atoms with Crippen LogP contribution in [-0.2, 0) is 10.3 Å². The first-order chi connectivity index (χ1) is 15.0. The molecule has 2 aromatic carbocycles. The molecule has 2 saturated heterocycles. The van der Waals surface area contributed by atoms with E-state index in [1.807, 2.05) is 61.5 Å². The summed E-state index contributed by atoms with van der Waals surface area (Å²) in [6.07, 6.45) is 0.529. The van der Waals surface area contributed by atoms with Crippen LogP contribution in [-0.4, -0.2) is 60.3 Å². The number of nitrogens with zero attached hydrogens (tertiary/aromatic N) is 3. The van der Waals surface area contributed by atoms with Gasteiger partial charge in [0.25, 0.3) is 5.91 Å². The third kappa shape index (κ3) is 3.77. The van der Waals surface area contributed by atoms with Crippen LogP contribution < -0.4 is 4.90 Å². The Balaban J connectivity index is 1.47. The molecule has 6 heteroatoms. The molecule has 0 unspecified atom stereocenters. The number of carbonyl (C=O) groups excluding carboxylic acids is 1. The molecule has 2 aliphatic heterocycles. The standard InChI is InChI=1S/C25H27N3O3/c1-18-6-8-19(9-7-18)25(30)10-11-28(17-25)24(29)21-16-23(27-12-14-31-15-13-27)26-22-5-3-2-4-20(21)22/h2-9,16,30H,10-15,17H2,1H3/t25-/m0/s1. The molecule has 2 fully saturated rings. The van der Waals surface area contributed by atoms with E-state index in [4.69, 9.17) is 9.72 Å². The minimum absolute atomic E-state index is 0.0591. The first-order valence-corrected chi connectivity index (χ1v) is 10.8. The van der Waals surface area contributed by atoms with Gasteiger partial charge < -0.3 is 19.6 Å². The maximum Gasteiger partial charge on any atom is 0.254 e. The fourth-order valence-corrected chi connectivity index (χ4v) is 4.53. The molecule has 31 heavy (non-hydrogen) atoms. The highest BCUT2D eigenvalue weighted by molar-refractivity contribution is 6.07. The lowest BCUT2D eigenvalue weighted by Gasteiger charge is -2.29. The van der Waals surface area contributed by atoms with Gasteiger partial charge in [-0.05, 0) is 31.0 Å². The van der Waals surface area contributed by atoms with Crippen molar-refractivity contribution in [3.05, 3.63) is 71.3 Å². The zero-order valence-corrected chi connectivity index (χ0v) is 17.8. The molecule has 1 N–H and O–H groups in total. The number of likely N-dealkylation sites (tertiary alicyclic amines) is 1. The molecule has 0 radical (unpaired) electrons. The van der Waals surface area contributed by atoms with Gasteiger partial charge >= 0.3 is 0 Å². The van der Waals surface area contributed by atoms with Crippen molar-refractivity contribution in [3.63, 3.8) is 0 Å². The largest absolute Gasteiger partial charge is 0.383 e. The van der Waals surface area contributed by atoms with E-state index in [2.05, 4.69) is 4.90 Å². The Hall–Kier alpha value is -2.96. The van der Waals surface area contributed by atoms with Crippen LogP contribution in [0.25, 0.3) is 10.9 Å². The van der Waals surface area contributed by atoms with Crippen LogP contribution in [0.1, 0.15) is 27.9 Å². The van der Waals surface area contributed by atoms with Gasteiger partial charge in [0.2, 0.25) is 0 Å². The van der Waals surface area contributed by atoms with E-state index in [9.17, 15) is 9.90 Å². The van der Waals surface area contributed by atoms with Gasteiger partial charge in [-0.15, -0.1) is 0 Å². The summed E-state index contributed by atoms with van der Waals surface area (Å²) in [5, 5.41) is 12.1. The average molecular weight is 418 g/mol. The van der Waals surface area contributed by atoms with E-state index in [1.54, 1.807) is 4.90 Å². The van der Waals surface area contributed by atoms with Crippen molar-refractivity contribution < 1.29 is 14.6 Å². The molecule has 2 aliphatic rings. The van der Waals surface area contributed by atoms with Crippen molar-refractivity contribution in [2.45, 2.75) is 18.9 Å². The van der Waals surface area contributed by atoms with Gasteiger partial charge in [-0.3, -0.25) is 4.79 Å². The lowest BCUT2D eigenvalue weighted by Crippen LogP contribution is -2.37. The van der Waals surface area contributed by atoms with Crippen molar-refractivity contribution in [2.75, 3.05) is 44.3 Å². The Labute approximate surface area is 182 Å². The zero-order chi connectivity index (χ0) is 21.4. The van der Waals surface area contributed by atoms with Crippen LogP contribution >= 0.6 is 0 Å². The number of amides is 1. The Bertz CT molecular complexity index is 1110. The molecular formula is C25H27N3O3. The third-order valence-electron chi connectivity index (χ3n) is 6.39. The molecule has 0 spiro atoms. The van der Waals surface area contributed by atoms with Crippen molar-refractivity contribution in [2.24, 2.45) is 0 Å². The molecule has 1 aromatic heterocycles. The number of morpholine rings is 1. The summed E-state index contributed by atoms with van der Waals surface area (Å²) in [4.78, 5) is 22.4. The van der Waals surface area contributed by atoms with Crippen LogP contribution in [0.4, 0.5) is 5.82 Å². The molecule has 3 heterocycles. The fourth-order valence-electron chi connectivity index (χ4n) is 4.53. The molecule has 0 aliphatic carbocycles. The second kappa shape index (κ2) is 7.94. The van der Waals surface area contributed by atoms with Crippen molar-refractivity contribution in [1.82, 2.24) is 9.88 Å². The number of ether oxygens (including phenoxy) is 1. The molecule has 6 nitrogen and oxygen atoms in total. The average Bonchev–Trinajstić information content (AvgIpc) is 3.22. The lowest BCUT2D eigenvalue weighted by molar-refractivity contribution is 0.0418. The first kappa shape index (κ1) is 20.0. The van der Waals surface area contributed by atoms with Crippen LogP contribution in [0.2, 0.25) is 0 Å². The minimum Gasteiger partial charge on any atom is -0.383 e. The predicted octanol–water partition coefficient (Wildman–Crippen LogP) is 3.11. The third-order valence-corrected chi connectivity index (χ3v) is 6.39. The smallest absolute Gasteiger partial charge is 0.254 e. The highest BCUT2D eigenvalue weighted by atomic mass is 16.5. The lowest BCUT2D eigenvalue weighted by atomic mass is 9.92. The van der Waals surface area contributed by atoms with Crippen molar-refractivity contribution in [3.8, 4) is 0 Å². The van der Waals surface area contributed by atoms with E-state index in [0.29, 0.717) is 38.3 Å². The number of pyridine rings is 1. The summed E-state index contributed by atoms with van der Waals surface area (Å²) >= 11 is 0. The first-order valence-electron chi connectivity index (χ1n) is 10.8. The molecule has 0 saturated carbocycles. The Morgan fingerprint density at radius 3 is 2.58 bits per heavy atom. The van der Waals surface area contributed by atoms with Crippen molar-refractivity contribution >= 4 is 22.6 Å². The normalized spacial score (nSPS) is 21.6. The van der Waals surface area contributed by atoms with Crippen molar-refractivity contribution in [1.29, 1.82) is 0 Å². The summed E-state index contributed by atoms with van der Waals surface area (Å²) in [5.41, 5.74) is 2.45. The maximum atomic E-state index is 13.6.